The van der Waals surface area contributed by atoms with Crippen LogP contribution in [0.5, 0.6) is 0 Å². The van der Waals surface area contributed by atoms with Crippen LogP contribution >= 0.6 is 15.9 Å². The Labute approximate surface area is 124 Å². The Bertz CT molecular complexity index is 408. The number of likely N-dealkylation sites (N-methyl/N-ethyl adjacent to an activating group) is 1. The topological polar surface area (TPSA) is 32.5 Å². The van der Waals surface area contributed by atoms with E-state index in [0.29, 0.717) is 6.04 Å². The third-order valence-corrected chi connectivity index (χ3v) is 4.50. The van der Waals surface area contributed by atoms with E-state index in [4.69, 9.17) is 5.73 Å². The molecule has 1 aromatic rings. The monoisotopic (exact) mass is 325 g/mol. The third-order valence-electron chi connectivity index (χ3n) is 4.01. The minimum absolute atomic E-state index is 0.135. The maximum Gasteiger partial charge on any atom is 0.0307 e. The van der Waals surface area contributed by atoms with Gasteiger partial charge in [-0.05, 0) is 51.2 Å². The zero-order valence-corrected chi connectivity index (χ0v) is 13.4. The van der Waals surface area contributed by atoms with Crippen LogP contribution in [0.3, 0.4) is 0 Å². The van der Waals surface area contributed by atoms with Crippen molar-refractivity contribution in [3.63, 3.8) is 0 Å². The lowest BCUT2D eigenvalue weighted by atomic mass is 10.0. The summed E-state index contributed by atoms with van der Waals surface area (Å²) in [5, 5.41) is 0. The summed E-state index contributed by atoms with van der Waals surface area (Å²) in [6, 6.07) is 9.17. The van der Waals surface area contributed by atoms with Crippen molar-refractivity contribution in [2.75, 3.05) is 33.7 Å². The molecule has 1 aliphatic rings. The van der Waals surface area contributed by atoms with Gasteiger partial charge in [0, 0.05) is 29.6 Å². The van der Waals surface area contributed by atoms with Crippen LogP contribution in [-0.2, 0) is 0 Å². The van der Waals surface area contributed by atoms with Crippen molar-refractivity contribution in [1.82, 2.24) is 9.80 Å². The van der Waals surface area contributed by atoms with Gasteiger partial charge in [0.1, 0.15) is 0 Å². The predicted molar refractivity (Wildman–Crippen MR) is 84.2 cm³/mol. The van der Waals surface area contributed by atoms with E-state index in [9.17, 15) is 0 Å². The number of nitrogens with two attached hydrogens (primary N) is 1. The Morgan fingerprint density at radius 3 is 2.89 bits per heavy atom. The molecular weight excluding hydrogens is 302 g/mol. The van der Waals surface area contributed by atoms with E-state index in [0.717, 1.165) is 17.4 Å². The second-order valence-electron chi connectivity index (χ2n) is 5.66. The van der Waals surface area contributed by atoms with Gasteiger partial charge in [-0.25, -0.2) is 0 Å². The van der Waals surface area contributed by atoms with Crippen molar-refractivity contribution < 1.29 is 0 Å². The number of halogens is 1. The molecule has 2 rings (SSSR count). The molecule has 1 heterocycles. The van der Waals surface area contributed by atoms with Crippen molar-refractivity contribution >= 4 is 15.9 Å². The van der Waals surface area contributed by atoms with Crippen LogP contribution in [-0.4, -0.2) is 49.6 Å². The summed E-state index contributed by atoms with van der Waals surface area (Å²) < 4.78 is 1.11. The van der Waals surface area contributed by atoms with Gasteiger partial charge in [0.15, 0.2) is 0 Å². The number of likely N-dealkylation sites (tertiary alicyclic amines) is 1. The summed E-state index contributed by atoms with van der Waals surface area (Å²) in [6.45, 7) is 3.48. The normalized spacial score (nSPS) is 22.1. The molecule has 1 fully saturated rings. The largest absolute Gasteiger partial charge is 0.324 e. The summed E-state index contributed by atoms with van der Waals surface area (Å²) in [7, 11) is 4.34. The quantitative estimate of drug-likeness (QED) is 0.902. The highest BCUT2D eigenvalue weighted by Gasteiger charge is 2.23. The van der Waals surface area contributed by atoms with E-state index in [1.54, 1.807) is 0 Å². The van der Waals surface area contributed by atoms with Crippen molar-refractivity contribution in [2.45, 2.75) is 24.9 Å². The zero-order chi connectivity index (χ0) is 13.8. The Morgan fingerprint density at radius 2 is 2.26 bits per heavy atom. The highest BCUT2D eigenvalue weighted by atomic mass is 79.9. The van der Waals surface area contributed by atoms with Crippen LogP contribution in [0.25, 0.3) is 0 Å². The van der Waals surface area contributed by atoms with E-state index >= 15 is 0 Å². The molecule has 4 heteroatoms. The van der Waals surface area contributed by atoms with Crippen molar-refractivity contribution in [2.24, 2.45) is 5.73 Å². The molecule has 2 unspecified atom stereocenters. The molecule has 1 aliphatic heterocycles. The van der Waals surface area contributed by atoms with Crippen LogP contribution in [0.1, 0.15) is 24.4 Å². The smallest absolute Gasteiger partial charge is 0.0307 e. The lowest BCUT2D eigenvalue weighted by molar-refractivity contribution is 0.263. The molecule has 0 radical (unpaired) electrons. The van der Waals surface area contributed by atoms with Crippen molar-refractivity contribution in [3.8, 4) is 0 Å². The molecule has 0 aliphatic carbocycles. The predicted octanol–water partition coefficient (Wildman–Crippen LogP) is 2.47. The molecule has 0 amide bonds. The summed E-state index contributed by atoms with van der Waals surface area (Å²) in [5.74, 6) is 0. The van der Waals surface area contributed by atoms with Crippen LogP contribution in [0.4, 0.5) is 0 Å². The van der Waals surface area contributed by atoms with Gasteiger partial charge in [-0.15, -0.1) is 0 Å². The molecule has 0 bridgehead atoms. The molecule has 0 spiro atoms. The molecule has 1 saturated heterocycles. The summed E-state index contributed by atoms with van der Waals surface area (Å²) in [5.41, 5.74) is 7.50. The molecule has 2 N–H and O–H groups in total. The first kappa shape index (κ1) is 15.0. The zero-order valence-electron chi connectivity index (χ0n) is 11.8. The first-order valence-corrected chi connectivity index (χ1v) is 7.75. The van der Waals surface area contributed by atoms with Gasteiger partial charge in [-0.2, -0.15) is 0 Å². The first-order chi connectivity index (χ1) is 9.06. The Kier molecular flexibility index (Phi) is 5.39. The summed E-state index contributed by atoms with van der Waals surface area (Å²) >= 11 is 3.50. The van der Waals surface area contributed by atoms with Gasteiger partial charge < -0.3 is 15.5 Å². The second-order valence-corrected chi connectivity index (χ2v) is 6.57. The molecule has 19 heavy (non-hydrogen) atoms. The van der Waals surface area contributed by atoms with Crippen LogP contribution in [0.15, 0.2) is 28.7 Å². The molecule has 1 aromatic carbocycles. The highest BCUT2D eigenvalue weighted by Crippen LogP contribution is 2.20. The number of benzene rings is 1. The fraction of sp³-hybridized carbons (Fsp3) is 0.600. The lowest BCUT2D eigenvalue weighted by Gasteiger charge is -2.21. The summed E-state index contributed by atoms with van der Waals surface area (Å²) in [4.78, 5) is 4.86. The average molecular weight is 326 g/mol. The average Bonchev–Trinajstić information content (AvgIpc) is 2.85. The lowest BCUT2D eigenvalue weighted by Crippen LogP contribution is -2.32. The Balaban J connectivity index is 1.80. The number of nitrogens with zero attached hydrogens (tertiary/aromatic N) is 2. The Hall–Kier alpha value is -0.420. The standard InChI is InChI=1S/C15H24BrN3/c1-18(2)14-6-8-19(11-14)9-7-15(17)12-4-3-5-13(16)10-12/h3-5,10,14-15H,6-9,11,17H2,1-2H3. The molecule has 0 saturated carbocycles. The third kappa shape index (κ3) is 4.28. The molecule has 2 atom stereocenters. The van der Waals surface area contributed by atoms with Gasteiger partial charge >= 0.3 is 0 Å². The van der Waals surface area contributed by atoms with E-state index < -0.39 is 0 Å². The van der Waals surface area contributed by atoms with Crippen LogP contribution in [0.2, 0.25) is 0 Å². The summed E-state index contributed by atoms with van der Waals surface area (Å²) in [6.07, 6.45) is 2.30. The molecular formula is C15H24BrN3. The van der Waals surface area contributed by atoms with Gasteiger partial charge in [0.05, 0.1) is 0 Å². The maximum absolute atomic E-state index is 6.28. The van der Waals surface area contributed by atoms with Gasteiger partial charge in [0.25, 0.3) is 0 Å². The highest BCUT2D eigenvalue weighted by molar-refractivity contribution is 9.10. The minimum atomic E-state index is 0.135. The van der Waals surface area contributed by atoms with Crippen molar-refractivity contribution in [3.05, 3.63) is 34.3 Å². The Morgan fingerprint density at radius 1 is 1.47 bits per heavy atom. The number of hydrogen-bond acceptors (Lipinski definition) is 3. The maximum atomic E-state index is 6.28. The van der Waals surface area contributed by atoms with Gasteiger partial charge in [0.2, 0.25) is 0 Å². The van der Waals surface area contributed by atoms with Crippen molar-refractivity contribution in [1.29, 1.82) is 0 Å². The minimum Gasteiger partial charge on any atom is -0.324 e. The molecule has 0 aromatic heterocycles. The number of rotatable bonds is 5. The molecule has 3 nitrogen and oxygen atoms in total. The van der Waals surface area contributed by atoms with Gasteiger partial charge in [-0.3, -0.25) is 0 Å². The second kappa shape index (κ2) is 6.84. The first-order valence-electron chi connectivity index (χ1n) is 6.96. The number of hydrogen-bond donors (Lipinski definition) is 1. The van der Waals surface area contributed by atoms with E-state index in [1.807, 2.05) is 6.07 Å². The SMILES string of the molecule is CN(C)C1CCN(CCC(N)c2cccc(Br)c2)C1. The van der Waals surface area contributed by atoms with E-state index in [2.05, 4.69) is 58.0 Å². The van der Waals surface area contributed by atoms with Gasteiger partial charge in [-0.1, -0.05) is 28.1 Å². The van der Waals surface area contributed by atoms with Crippen LogP contribution < -0.4 is 5.73 Å². The van der Waals surface area contributed by atoms with E-state index in [1.165, 1.54) is 25.1 Å². The van der Waals surface area contributed by atoms with Crippen LogP contribution in [0, 0.1) is 0 Å². The fourth-order valence-corrected chi connectivity index (χ4v) is 3.08. The molecule has 106 valence electrons. The van der Waals surface area contributed by atoms with E-state index in [-0.39, 0.29) is 6.04 Å². The fourth-order valence-electron chi connectivity index (χ4n) is 2.66.